The SMILES string of the molecule is CSCC[C@H](NC(=O)c1ccc(NC(=O)Cc2csc(N)n2)cc1-c1ccsc1)C(=O)O. The Morgan fingerprint density at radius 3 is 2.69 bits per heavy atom. The summed E-state index contributed by atoms with van der Waals surface area (Å²) in [5.74, 6) is -1.19. The number of rotatable bonds is 10. The number of aromatic nitrogens is 1. The first kappa shape index (κ1) is 23.8. The van der Waals surface area contributed by atoms with Gasteiger partial charge in [0.1, 0.15) is 6.04 Å². The number of hydrogen-bond donors (Lipinski definition) is 4. The molecule has 0 saturated heterocycles. The zero-order valence-corrected chi connectivity index (χ0v) is 19.6. The summed E-state index contributed by atoms with van der Waals surface area (Å²) in [5.41, 5.74) is 8.46. The Kier molecular flexibility index (Phi) is 8.26. The zero-order chi connectivity index (χ0) is 23.1. The number of thioether (sulfide) groups is 1. The molecule has 0 saturated carbocycles. The number of nitrogens with two attached hydrogens (primary N) is 1. The van der Waals surface area contributed by atoms with Crippen molar-refractivity contribution in [2.24, 2.45) is 0 Å². The quantitative estimate of drug-likeness (QED) is 0.341. The summed E-state index contributed by atoms with van der Waals surface area (Å²) < 4.78 is 0. The first-order chi connectivity index (χ1) is 15.4. The normalized spacial score (nSPS) is 11.7. The molecular formula is C21H22N4O4S3. The van der Waals surface area contributed by atoms with Crippen molar-refractivity contribution in [2.75, 3.05) is 23.1 Å². The Morgan fingerprint density at radius 2 is 2.06 bits per heavy atom. The lowest BCUT2D eigenvalue weighted by molar-refractivity contribution is -0.139. The van der Waals surface area contributed by atoms with E-state index >= 15 is 0 Å². The van der Waals surface area contributed by atoms with Crippen LogP contribution in [0.15, 0.2) is 40.4 Å². The number of carboxylic acid groups (broad SMARTS) is 1. The third kappa shape index (κ3) is 6.31. The molecular weight excluding hydrogens is 468 g/mol. The molecule has 8 nitrogen and oxygen atoms in total. The van der Waals surface area contributed by atoms with E-state index in [1.165, 1.54) is 34.4 Å². The van der Waals surface area contributed by atoms with Crippen LogP contribution in [0.2, 0.25) is 0 Å². The smallest absolute Gasteiger partial charge is 0.326 e. The topological polar surface area (TPSA) is 134 Å². The summed E-state index contributed by atoms with van der Waals surface area (Å²) in [4.78, 5) is 40.9. The lowest BCUT2D eigenvalue weighted by atomic mass is 10.00. The highest BCUT2D eigenvalue weighted by molar-refractivity contribution is 7.98. The molecule has 0 radical (unpaired) electrons. The number of thiophene rings is 1. The minimum absolute atomic E-state index is 0.0828. The van der Waals surface area contributed by atoms with E-state index in [1.807, 2.05) is 23.1 Å². The first-order valence-corrected chi connectivity index (χ1v) is 12.8. The molecule has 5 N–H and O–H groups in total. The summed E-state index contributed by atoms with van der Waals surface area (Å²) >= 11 is 4.26. The molecule has 0 bridgehead atoms. The fourth-order valence-corrected chi connectivity index (χ4v) is 4.67. The van der Waals surface area contributed by atoms with Crippen LogP contribution >= 0.6 is 34.4 Å². The van der Waals surface area contributed by atoms with E-state index in [-0.39, 0.29) is 12.3 Å². The molecule has 3 rings (SSSR count). The number of nitrogens with one attached hydrogen (secondary N) is 2. The highest BCUT2D eigenvalue weighted by Crippen LogP contribution is 2.29. The number of carbonyl (C=O) groups excluding carboxylic acids is 2. The van der Waals surface area contributed by atoms with E-state index in [0.717, 1.165) is 5.56 Å². The second-order valence-electron chi connectivity index (χ2n) is 6.82. The van der Waals surface area contributed by atoms with Gasteiger partial charge in [-0.1, -0.05) is 0 Å². The van der Waals surface area contributed by atoms with Crippen LogP contribution in [0.3, 0.4) is 0 Å². The fraction of sp³-hybridized carbons (Fsp3) is 0.238. The van der Waals surface area contributed by atoms with Crippen molar-refractivity contribution in [3.05, 3.63) is 51.7 Å². The molecule has 1 atom stereocenters. The Morgan fingerprint density at radius 1 is 1.25 bits per heavy atom. The summed E-state index contributed by atoms with van der Waals surface area (Å²) in [6, 6.07) is 5.81. The number of anilines is 2. The van der Waals surface area contributed by atoms with Gasteiger partial charge in [0, 0.05) is 16.6 Å². The molecule has 0 aliphatic rings. The third-order valence-corrected chi connectivity index (χ3v) is 6.56. The molecule has 2 heterocycles. The number of aliphatic carboxylic acids is 1. The van der Waals surface area contributed by atoms with Crippen LogP contribution < -0.4 is 16.4 Å². The van der Waals surface area contributed by atoms with Crippen molar-refractivity contribution in [2.45, 2.75) is 18.9 Å². The average molecular weight is 491 g/mol. The number of carboxylic acids is 1. The number of amides is 2. The zero-order valence-electron chi connectivity index (χ0n) is 17.2. The molecule has 0 spiro atoms. The van der Waals surface area contributed by atoms with Crippen molar-refractivity contribution in [1.82, 2.24) is 10.3 Å². The van der Waals surface area contributed by atoms with E-state index in [2.05, 4.69) is 15.6 Å². The number of thiazole rings is 1. The molecule has 1 aromatic carbocycles. The average Bonchev–Trinajstić information content (AvgIpc) is 3.42. The summed E-state index contributed by atoms with van der Waals surface area (Å²) in [6.45, 7) is 0. The van der Waals surface area contributed by atoms with Gasteiger partial charge >= 0.3 is 5.97 Å². The minimum atomic E-state index is -1.07. The van der Waals surface area contributed by atoms with Gasteiger partial charge in [0.15, 0.2) is 5.13 Å². The van der Waals surface area contributed by atoms with Crippen LogP contribution in [0.5, 0.6) is 0 Å². The fourth-order valence-electron chi connectivity index (χ4n) is 2.98. The van der Waals surface area contributed by atoms with Crippen molar-refractivity contribution in [3.8, 4) is 11.1 Å². The number of hydrogen-bond acceptors (Lipinski definition) is 8. The van der Waals surface area contributed by atoms with E-state index in [4.69, 9.17) is 5.73 Å². The van der Waals surface area contributed by atoms with Gasteiger partial charge in [0.05, 0.1) is 12.1 Å². The van der Waals surface area contributed by atoms with Crippen LogP contribution in [0.25, 0.3) is 11.1 Å². The van der Waals surface area contributed by atoms with Gasteiger partial charge in [-0.25, -0.2) is 9.78 Å². The molecule has 2 aromatic heterocycles. The van der Waals surface area contributed by atoms with Crippen LogP contribution in [0.1, 0.15) is 22.5 Å². The highest BCUT2D eigenvalue weighted by Gasteiger charge is 2.22. The lowest BCUT2D eigenvalue weighted by Crippen LogP contribution is -2.41. The predicted octanol–water partition coefficient (Wildman–Crippen LogP) is 3.57. The Bertz CT molecular complexity index is 1100. The van der Waals surface area contributed by atoms with Gasteiger partial charge in [-0.05, 0) is 64.6 Å². The molecule has 168 valence electrons. The van der Waals surface area contributed by atoms with E-state index in [1.54, 1.807) is 23.6 Å². The van der Waals surface area contributed by atoms with Gasteiger partial charge in [-0.15, -0.1) is 11.3 Å². The van der Waals surface area contributed by atoms with Crippen LogP contribution in [0.4, 0.5) is 10.8 Å². The van der Waals surface area contributed by atoms with Crippen molar-refractivity contribution >= 4 is 63.0 Å². The second kappa shape index (κ2) is 11.1. The highest BCUT2D eigenvalue weighted by atomic mass is 32.2. The van der Waals surface area contributed by atoms with Crippen molar-refractivity contribution in [1.29, 1.82) is 0 Å². The molecule has 11 heteroatoms. The van der Waals surface area contributed by atoms with E-state index in [9.17, 15) is 19.5 Å². The Balaban J connectivity index is 1.81. The van der Waals surface area contributed by atoms with Crippen molar-refractivity contribution < 1.29 is 19.5 Å². The standard InChI is InChI=1S/C21H22N4O4S3/c1-30-6-5-17(20(28)29)25-19(27)15-3-2-13(8-16(15)12-4-7-31-10-12)23-18(26)9-14-11-32-21(22)24-14/h2-4,7-8,10-11,17H,5-6,9H2,1H3,(H2,22,24)(H,23,26)(H,25,27)(H,28,29)/t17-/m0/s1. The minimum Gasteiger partial charge on any atom is -0.480 e. The molecule has 0 fully saturated rings. The molecule has 0 unspecified atom stereocenters. The van der Waals surface area contributed by atoms with Crippen LogP contribution in [0, 0.1) is 0 Å². The van der Waals surface area contributed by atoms with Gasteiger partial charge in [-0.2, -0.15) is 23.1 Å². The number of nitrogens with zero attached hydrogens (tertiary/aromatic N) is 1. The lowest BCUT2D eigenvalue weighted by Gasteiger charge is -2.16. The van der Waals surface area contributed by atoms with Crippen LogP contribution in [-0.2, 0) is 16.0 Å². The third-order valence-electron chi connectivity index (χ3n) is 4.51. The predicted molar refractivity (Wildman–Crippen MR) is 131 cm³/mol. The maximum Gasteiger partial charge on any atom is 0.326 e. The Hall–Kier alpha value is -2.89. The Labute approximate surface area is 197 Å². The maximum absolute atomic E-state index is 12.9. The van der Waals surface area contributed by atoms with E-state index < -0.39 is 17.9 Å². The summed E-state index contributed by atoms with van der Waals surface area (Å²) in [5, 5.41) is 20.8. The van der Waals surface area contributed by atoms with E-state index in [0.29, 0.717) is 39.8 Å². The summed E-state index contributed by atoms with van der Waals surface area (Å²) in [6.07, 6.45) is 2.29. The van der Waals surface area contributed by atoms with Crippen molar-refractivity contribution in [3.63, 3.8) is 0 Å². The number of carbonyl (C=O) groups is 3. The second-order valence-corrected chi connectivity index (χ2v) is 9.48. The first-order valence-electron chi connectivity index (χ1n) is 9.56. The number of benzene rings is 1. The monoisotopic (exact) mass is 490 g/mol. The van der Waals surface area contributed by atoms with Gasteiger partial charge < -0.3 is 21.5 Å². The molecule has 0 aliphatic carbocycles. The van der Waals surface area contributed by atoms with Gasteiger partial charge in [-0.3, -0.25) is 9.59 Å². The summed E-state index contributed by atoms with van der Waals surface area (Å²) in [7, 11) is 0. The maximum atomic E-state index is 12.9. The largest absolute Gasteiger partial charge is 0.480 e. The van der Waals surface area contributed by atoms with Crippen LogP contribution in [-0.4, -0.2) is 45.9 Å². The van der Waals surface area contributed by atoms with Gasteiger partial charge in [0.2, 0.25) is 5.91 Å². The molecule has 3 aromatic rings. The van der Waals surface area contributed by atoms with Gasteiger partial charge in [0.25, 0.3) is 5.91 Å². The molecule has 0 aliphatic heterocycles. The number of nitrogen functional groups attached to an aromatic ring is 1. The molecule has 32 heavy (non-hydrogen) atoms. The molecule has 2 amide bonds.